The Labute approximate surface area is 145 Å². The molecule has 0 saturated heterocycles. The van der Waals surface area contributed by atoms with Crippen molar-refractivity contribution < 1.29 is 19.1 Å². The summed E-state index contributed by atoms with van der Waals surface area (Å²) in [4.78, 5) is 23.8. The normalized spacial score (nSPS) is 10.5. The van der Waals surface area contributed by atoms with Crippen LogP contribution in [0.1, 0.15) is 10.4 Å². The van der Waals surface area contributed by atoms with Crippen molar-refractivity contribution in [3.05, 3.63) is 54.2 Å². The van der Waals surface area contributed by atoms with Crippen molar-refractivity contribution in [1.82, 2.24) is 4.57 Å². The average Bonchev–Trinajstić information content (AvgIpc) is 2.99. The first-order chi connectivity index (χ1) is 12.2. The molecule has 0 spiro atoms. The van der Waals surface area contributed by atoms with Crippen LogP contribution in [0.25, 0.3) is 10.9 Å². The molecular formula is C19H18N2O4. The third-order valence-electron chi connectivity index (χ3n) is 3.90. The van der Waals surface area contributed by atoms with Crippen LogP contribution >= 0.6 is 0 Å². The summed E-state index contributed by atoms with van der Waals surface area (Å²) < 4.78 is 12.4. The smallest absolute Gasteiger partial charge is 0.244 e. The Morgan fingerprint density at radius 2 is 1.92 bits per heavy atom. The van der Waals surface area contributed by atoms with Gasteiger partial charge >= 0.3 is 0 Å². The SMILES string of the molecule is COc1cc(OC)c2c(C=O)cn(CC(=O)Nc3ccccc3)c2c1. The molecule has 0 aliphatic heterocycles. The number of aldehydes is 1. The summed E-state index contributed by atoms with van der Waals surface area (Å²) >= 11 is 0. The molecule has 6 nitrogen and oxygen atoms in total. The van der Waals surface area contributed by atoms with Crippen molar-refractivity contribution >= 4 is 28.8 Å². The Bertz CT molecular complexity index is 916. The lowest BCUT2D eigenvalue weighted by atomic mass is 10.1. The second-order valence-electron chi connectivity index (χ2n) is 5.47. The van der Waals surface area contributed by atoms with E-state index in [1.807, 2.05) is 30.3 Å². The quantitative estimate of drug-likeness (QED) is 0.701. The van der Waals surface area contributed by atoms with Crippen LogP contribution in [-0.4, -0.2) is 31.0 Å². The lowest BCUT2D eigenvalue weighted by Gasteiger charge is -2.10. The van der Waals surface area contributed by atoms with Crippen molar-refractivity contribution in [3.63, 3.8) is 0 Å². The molecular weight excluding hydrogens is 320 g/mol. The van der Waals surface area contributed by atoms with E-state index in [4.69, 9.17) is 9.47 Å². The highest BCUT2D eigenvalue weighted by atomic mass is 16.5. The minimum atomic E-state index is -0.192. The number of para-hydroxylation sites is 1. The van der Waals surface area contributed by atoms with Crippen molar-refractivity contribution in [2.45, 2.75) is 6.54 Å². The predicted octanol–water partition coefficient (Wildman–Crippen LogP) is 3.11. The van der Waals surface area contributed by atoms with E-state index in [-0.39, 0.29) is 12.5 Å². The standard InChI is InChI=1S/C19H18N2O4/c1-24-15-8-16-19(17(9-15)25-2)13(12-22)10-21(16)11-18(23)20-14-6-4-3-5-7-14/h3-10,12H,11H2,1-2H3,(H,20,23). The molecule has 0 saturated carbocycles. The maximum Gasteiger partial charge on any atom is 0.244 e. The van der Waals surface area contributed by atoms with E-state index in [2.05, 4.69) is 5.32 Å². The van der Waals surface area contributed by atoms with Gasteiger partial charge in [-0.25, -0.2) is 0 Å². The molecule has 25 heavy (non-hydrogen) atoms. The third-order valence-corrected chi connectivity index (χ3v) is 3.90. The van der Waals surface area contributed by atoms with Crippen LogP contribution in [0.2, 0.25) is 0 Å². The molecule has 128 valence electrons. The summed E-state index contributed by atoms with van der Waals surface area (Å²) in [6.45, 7) is 0.0650. The van der Waals surface area contributed by atoms with Crippen molar-refractivity contribution in [2.75, 3.05) is 19.5 Å². The molecule has 0 aliphatic rings. The Kier molecular flexibility index (Phi) is 4.70. The van der Waals surface area contributed by atoms with Gasteiger partial charge in [-0.2, -0.15) is 0 Å². The largest absolute Gasteiger partial charge is 0.497 e. The number of ether oxygens (including phenoxy) is 2. The molecule has 3 rings (SSSR count). The number of carbonyl (C=O) groups excluding carboxylic acids is 2. The van der Waals surface area contributed by atoms with Gasteiger partial charge in [0.25, 0.3) is 0 Å². The van der Waals surface area contributed by atoms with E-state index in [1.165, 1.54) is 7.11 Å². The van der Waals surface area contributed by atoms with Crippen molar-refractivity contribution in [1.29, 1.82) is 0 Å². The summed E-state index contributed by atoms with van der Waals surface area (Å²) in [5, 5.41) is 3.49. The van der Waals surface area contributed by atoms with Gasteiger partial charge in [0.1, 0.15) is 18.0 Å². The summed E-state index contributed by atoms with van der Waals surface area (Å²) in [6, 6.07) is 12.7. The highest BCUT2D eigenvalue weighted by molar-refractivity contribution is 6.03. The van der Waals surface area contributed by atoms with Gasteiger partial charge in [0.2, 0.25) is 5.91 Å². The molecule has 2 aromatic carbocycles. The summed E-state index contributed by atoms with van der Waals surface area (Å²) in [7, 11) is 3.08. The second-order valence-corrected chi connectivity index (χ2v) is 5.47. The monoisotopic (exact) mass is 338 g/mol. The number of fused-ring (bicyclic) bond motifs is 1. The first-order valence-electron chi connectivity index (χ1n) is 7.71. The number of hydrogen-bond donors (Lipinski definition) is 1. The first-order valence-corrected chi connectivity index (χ1v) is 7.71. The van der Waals surface area contributed by atoms with Gasteiger partial charge in [-0.15, -0.1) is 0 Å². The molecule has 0 fully saturated rings. The number of methoxy groups -OCH3 is 2. The average molecular weight is 338 g/mol. The molecule has 0 atom stereocenters. The molecule has 0 bridgehead atoms. The Morgan fingerprint density at radius 3 is 2.56 bits per heavy atom. The lowest BCUT2D eigenvalue weighted by Crippen LogP contribution is -2.18. The molecule has 3 aromatic rings. The highest BCUT2D eigenvalue weighted by Crippen LogP contribution is 2.34. The van der Waals surface area contributed by atoms with E-state index in [0.717, 1.165) is 12.0 Å². The molecule has 0 radical (unpaired) electrons. The number of hydrogen-bond acceptors (Lipinski definition) is 4. The van der Waals surface area contributed by atoms with Crippen LogP contribution < -0.4 is 14.8 Å². The van der Waals surface area contributed by atoms with Gasteiger partial charge in [-0.1, -0.05) is 18.2 Å². The maximum atomic E-state index is 12.3. The van der Waals surface area contributed by atoms with Gasteiger partial charge in [-0.3, -0.25) is 9.59 Å². The van der Waals surface area contributed by atoms with Gasteiger partial charge < -0.3 is 19.4 Å². The summed E-state index contributed by atoms with van der Waals surface area (Å²) in [5.74, 6) is 0.922. The fraction of sp³-hybridized carbons (Fsp3) is 0.158. The number of carbonyl (C=O) groups is 2. The molecule has 0 unspecified atom stereocenters. The van der Waals surface area contributed by atoms with Crippen molar-refractivity contribution in [3.8, 4) is 11.5 Å². The summed E-state index contributed by atoms with van der Waals surface area (Å²) in [5.41, 5.74) is 1.87. The second kappa shape index (κ2) is 7.09. The lowest BCUT2D eigenvalue weighted by molar-refractivity contribution is -0.116. The van der Waals surface area contributed by atoms with Gasteiger partial charge in [0.05, 0.1) is 25.1 Å². The fourth-order valence-corrected chi connectivity index (χ4v) is 2.77. The zero-order valence-electron chi connectivity index (χ0n) is 14.0. The van der Waals surface area contributed by atoms with E-state index < -0.39 is 0 Å². The number of benzene rings is 2. The van der Waals surface area contributed by atoms with Gasteiger partial charge in [-0.05, 0) is 12.1 Å². The molecule has 1 aromatic heterocycles. The predicted molar refractivity (Wildman–Crippen MR) is 95.5 cm³/mol. The molecule has 1 N–H and O–H groups in total. The Balaban J connectivity index is 1.98. The van der Waals surface area contributed by atoms with Crippen LogP contribution in [0.4, 0.5) is 5.69 Å². The van der Waals surface area contributed by atoms with E-state index >= 15 is 0 Å². The first kappa shape index (κ1) is 16.6. The molecule has 6 heteroatoms. The number of rotatable bonds is 6. The van der Waals surface area contributed by atoms with Crippen LogP contribution in [0.5, 0.6) is 11.5 Å². The summed E-state index contributed by atoms with van der Waals surface area (Å²) in [6.07, 6.45) is 2.40. The number of aromatic nitrogens is 1. The molecule has 0 aliphatic carbocycles. The molecule has 1 amide bonds. The Hall–Kier alpha value is -3.28. The topological polar surface area (TPSA) is 69.6 Å². The van der Waals surface area contributed by atoms with E-state index in [0.29, 0.717) is 28.0 Å². The third kappa shape index (κ3) is 3.33. The minimum absolute atomic E-state index is 0.0650. The number of nitrogens with zero attached hydrogens (tertiary/aromatic N) is 1. The van der Waals surface area contributed by atoms with Crippen LogP contribution in [0.15, 0.2) is 48.7 Å². The molecule has 1 heterocycles. The minimum Gasteiger partial charge on any atom is -0.497 e. The fourth-order valence-electron chi connectivity index (χ4n) is 2.77. The zero-order chi connectivity index (χ0) is 17.8. The van der Waals surface area contributed by atoms with Gasteiger partial charge in [0.15, 0.2) is 6.29 Å². The Morgan fingerprint density at radius 1 is 1.16 bits per heavy atom. The van der Waals surface area contributed by atoms with Crippen LogP contribution in [0.3, 0.4) is 0 Å². The van der Waals surface area contributed by atoms with E-state index in [9.17, 15) is 9.59 Å². The zero-order valence-corrected chi connectivity index (χ0v) is 14.0. The number of anilines is 1. The highest BCUT2D eigenvalue weighted by Gasteiger charge is 2.16. The van der Waals surface area contributed by atoms with E-state index in [1.54, 1.807) is 30.0 Å². The van der Waals surface area contributed by atoms with Gasteiger partial charge in [0, 0.05) is 29.6 Å². The van der Waals surface area contributed by atoms with Crippen molar-refractivity contribution in [2.24, 2.45) is 0 Å². The van der Waals surface area contributed by atoms with Crippen LogP contribution in [0, 0.1) is 0 Å². The number of nitrogens with one attached hydrogen (secondary N) is 1. The maximum absolute atomic E-state index is 12.3. The van der Waals surface area contributed by atoms with Crippen LogP contribution in [-0.2, 0) is 11.3 Å². The number of amides is 1.